The van der Waals surface area contributed by atoms with Gasteiger partial charge in [0.2, 0.25) is 5.91 Å². The summed E-state index contributed by atoms with van der Waals surface area (Å²) >= 11 is 0. The Kier molecular flexibility index (Phi) is 58.6. The van der Waals surface area contributed by atoms with Gasteiger partial charge in [-0.3, -0.25) is 4.79 Å². The molecule has 0 saturated heterocycles. The zero-order chi connectivity index (χ0) is 51.6. The molecule has 1 amide bonds. The molecule has 0 aliphatic rings. The Bertz CT molecular complexity index is 1080. The van der Waals surface area contributed by atoms with Crippen LogP contribution in [0.3, 0.4) is 0 Å². The van der Waals surface area contributed by atoms with Crippen LogP contribution in [-0.2, 0) is 4.79 Å². The summed E-state index contributed by atoms with van der Waals surface area (Å²) in [5, 5.41) is 44.1. The highest BCUT2D eigenvalue weighted by molar-refractivity contribution is 5.80. The maximum absolute atomic E-state index is 12.6. The van der Waals surface area contributed by atoms with Crippen LogP contribution < -0.4 is 5.32 Å². The number of allylic oxidation sites excluding steroid dienone is 4. The van der Waals surface area contributed by atoms with Crippen molar-refractivity contribution in [2.24, 2.45) is 0 Å². The van der Waals surface area contributed by atoms with Gasteiger partial charge in [-0.1, -0.05) is 327 Å². The van der Waals surface area contributed by atoms with E-state index in [1.807, 2.05) is 0 Å². The van der Waals surface area contributed by atoms with Crippen molar-refractivity contribution >= 4 is 5.91 Å². The lowest BCUT2D eigenvalue weighted by Gasteiger charge is -2.27. The van der Waals surface area contributed by atoms with Crippen molar-refractivity contribution in [3.63, 3.8) is 0 Å². The van der Waals surface area contributed by atoms with Crippen LogP contribution in [0.2, 0.25) is 0 Å². The van der Waals surface area contributed by atoms with Crippen LogP contribution in [0.15, 0.2) is 24.3 Å². The van der Waals surface area contributed by atoms with Crippen LogP contribution in [0.1, 0.15) is 354 Å². The number of aliphatic hydroxyl groups excluding tert-OH is 4. The molecule has 0 spiro atoms. The maximum atomic E-state index is 12.6. The summed E-state index contributed by atoms with van der Waals surface area (Å²) < 4.78 is 0. The van der Waals surface area contributed by atoms with Crippen LogP contribution in [0.25, 0.3) is 0 Å². The third-order valence-electron chi connectivity index (χ3n) is 15.4. The van der Waals surface area contributed by atoms with E-state index < -0.39 is 36.9 Å². The Morgan fingerprint density at radius 2 is 0.592 bits per heavy atom. The molecule has 0 rings (SSSR count). The Labute approximate surface area is 444 Å². The minimum Gasteiger partial charge on any atom is -0.394 e. The maximum Gasteiger partial charge on any atom is 0.249 e. The van der Waals surface area contributed by atoms with E-state index in [-0.39, 0.29) is 0 Å². The first-order valence-electron chi connectivity index (χ1n) is 32.2. The highest BCUT2D eigenvalue weighted by atomic mass is 16.3. The van der Waals surface area contributed by atoms with E-state index in [0.29, 0.717) is 19.3 Å². The van der Waals surface area contributed by atoms with Crippen molar-refractivity contribution in [2.45, 2.75) is 379 Å². The van der Waals surface area contributed by atoms with E-state index in [1.54, 1.807) is 0 Å². The molecule has 6 heteroatoms. The summed E-state index contributed by atoms with van der Waals surface area (Å²) in [6.07, 6.45) is 74.3. The highest BCUT2D eigenvalue weighted by Crippen LogP contribution is 2.19. The molecule has 0 heterocycles. The molecule has 0 aliphatic heterocycles. The number of hydrogen-bond donors (Lipinski definition) is 5. The van der Waals surface area contributed by atoms with E-state index in [0.717, 1.165) is 38.5 Å². The van der Waals surface area contributed by atoms with Gasteiger partial charge < -0.3 is 25.7 Å². The summed E-state index contributed by atoms with van der Waals surface area (Å²) in [5.41, 5.74) is 0. The molecule has 0 aromatic rings. The molecule has 6 nitrogen and oxygen atoms in total. The molecule has 4 atom stereocenters. The Balaban J connectivity index is 3.61. The fourth-order valence-electron chi connectivity index (χ4n) is 10.4. The zero-order valence-corrected chi connectivity index (χ0v) is 48.0. The molecule has 4 unspecified atom stereocenters. The van der Waals surface area contributed by atoms with E-state index >= 15 is 0 Å². The third kappa shape index (κ3) is 53.4. The van der Waals surface area contributed by atoms with Gasteiger partial charge in [0, 0.05) is 0 Å². The van der Waals surface area contributed by atoms with Gasteiger partial charge in [-0.05, 0) is 51.4 Å². The normalized spacial score (nSPS) is 13.7. The lowest BCUT2D eigenvalue weighted by atomic mass is 10.00. The van der Waals surface area contributed by atoms with Gasteiger partial charge in [0.05, 0.1) is 18.8 Å². The van der Waals surface area contributed by atoms with E-state index in [4.69, 9.17) is 0 Å². The lowest BCUT2D eigenvalue weighted by Crippen LogP contribution is -2.53. The highest BCUT2D eigenvalue weighted by Gasteiger charge is 2.28. The van der Waals surface area contributed by atoms with Crippen molar-refractivity contribution < 1.29 is 25.2 Å². The SMILES string of the molecule is CCCCCCCCCCCCCCCCCCCCCCC/C=C/CC/C=C/CCCC(O)C(O)C(CO)NC(=O)C(O)CCCCCCCCCCCCCCCCCCCCCCCCCCC. The molecule has 0 fully saturated rings. The van der Waals surface area contributed by atoms with Gasteiger partial charge in [-0.25, -0.2) is 0 Å². The molecule has 71 heavy (non-hydrogen) atoms. The Hall–Kier alpha value is -1.21. The van der Waals surface area contributed by atoms with Crippen molar-refractivity contribution in [2.75, 3.05) is 6.61 Å². The molecule has 0 aromatic carbocycles. The second-order valence-corrected chi connectivity index (χ2v) is 22.5. The quantitative estimate of drug-likeness (QED) is 0.0308. The summed E-state index contributed by atoms with van der Waals surface area (Å²) in [6, 6.07) is -1.01. The molecule has 0 bridgehead atoms. The first kappa shape index (κ1) is 69.8. The standard InChI is InChI=1S/C65H127NO5/c1-3-5-7-9-11-13-15-17-19-21-23-25-27-29-30-31-32-33-35-36-38-40-42-44-46-48-50-52-54-56-58-62(68)64(70)61(60-67)66-65(71)63(69)59-57-55-53-51-49-47-45-43-41-39-37-34-28-26-24-22-20-18-16-14-12-10-8-6-4-2/h42,44,50,52,61-64,67-70H,3-41,43,45-49,51,53-60H2,1-2H3,(H,66,71)/b44-42+,52-50+. The molecule has 0 aromatic heterocycles. The summed E-state index contributed by atoms with van der Waals surface area (Å²) in [4.78, 5) is 12.6. The number of aliphatic hydroxyl groups is 4. The van der Waals surface area contributed by atoms with Crippen molar-refractivity contribution in [1.29, 1.82) is 0 Å². The first-order valence-corrected chi connectivity index (χ1v) is 32.2. The number of rotatable bonds is 60. The second-order valence-electron chi connectivity index (χ2n) is 22.5. The average molecular weight is 1000 g/mol. The van der Waals surface area contributed by atoms with Gasteiger partial charge in [-0.2, -0.15) is 0 Å². The van der Waals surface area contributed by atoms with Crippen molar-refractivity contribution in [3.8, 4) is 0 Å². The molecule has 0 aliphatic carbocycles. The van der Waals surface area contributed by atoms with Crippen LogP contribution in [0.4, 0.5) is 0 Å². The van der Waals surface area contributed by atoms with Gasteiger partial charge in [0.1, 0.15) is 12.2 Å². The van der Waals surface area contributed by atoms with Crippen LogP contribution in [0, 0.1) is 0 Å². The smallest absolute Gasteiger partial charge is 0.249 e. The molecule has 422 valence electrons. The number of nitrogens with one attached hydrogen (secondary N) is 1. The number of carbonyl (C=O) groups is 1. The van der Waals surface area contributed by atoms with Crippen LogP contribution >= 0.6 is 0 Å². The van der Waals surface area contributed by atoms with Gasteiger partial charge in [0.25, 0.3) is 0 Å². The second kappa shape index (κ2) is 59.7. The minimum absolute atomic E-state index is 0.365. The fraction of sp³-hybridized carbons (Fsp3) is 0.923. The number of amides is 1. The molecular weight excluding hydrogens is 875 g/mol. The Morgan fingerprint density at radius 3 is 0.887 bits per heavy atom. The van der Waals surface area contributed by atoms with E-state index in [9.17, 15) is 25.2 Å². The van der Waals surface area contributed by atoms with Gasteiger partial charge >= 0.3 is 0 Å². The number of unbranched alkanes of at least 4 members (excludes halogenated alkanes) is 47. The molecule has 5 N–H and O–H groups in total. The average Bonchev–Trinajstić information content (AvgIpc) is 3.38. The number of carbonyl (C=O) groups excluding carboxylic acids is 1. The van der Waals surface area contributed by atoms with Crippen LogP contribution in [-0.4, -0.2) is 57.3 Å². The molecule has 0 saturated carbocycles. The van der Waals surface area contributed by atoms with Crippen molar-refractivity contribution in [1.82, 2.24) is 5.32 Å². The fourth-order valence-corrected chi connectivity index (χ4v) is 10.4. The topological polar surface area (TPSA) is 110 Å². The largest absolute Gasteiger partial charge is 0.394 e. The molecule has 0 radical (unpaired) electrons. The Morgan fingerprint density at radius 1 is 0.338 bits per heavy atom. The monoisotopic (exact) mass is 1000 g/mol. The van der Waals surface area contributed by atoms with E-state index in [1.165, 1.54) is 283 Å². The van der Waals surface area contributed by atoms with Gasteiger partial charge in [-0.15, -0.1) is 0 Å². The minimum atomic E-state index is -1.29. The predicted octanol–water partition coefficient (Wildman–Crippen LogP) is 19.4. The van der Waals surface area contributed by atoms with Crippen molar-refractivity contribution in [3.05, 3.63) is 24.3 Å². The summed E-state index contributed by atoms with van der Waals surface area (Å²) in [6.45, 7) is 4.09. The third-order valence-corrected chi connectivity index (χ3v) is 15.4. The molecular formula is C65H127NO5. The number of hydrogen-bond acceptors (Lipinski definition) is 5. The van der Waals surface area contributed by atoms with E-state index in [2.05, 4.69) is 43.5 Å². The summed E-state index contributed by atoms with van der Waals surface area (Å²) in [5.74, 6) is -0.590. The zero-order valence-electron chi connectivity index (χ0n) is 48.0. The van der Waals surface area contributed by atoms with Gasteiger partial charge in [0.15, 0.2) is 0 Å². The van der Waals surface area contributed by atoms with Crippen LogP contribution in [0.5, 0.6) is 0 Å². The predicted molar refractivity (Wildman–Crippen MR) is 311 cm³/mol. The lowest BCUT2D eigenvalue weighted by molar-refractivity contribution is -0.132. The first-order chi connectivity index (χ1) is 35.0. The summed E-state index contributed by atoms with van der Waals surface area (Å²) in [7, 11) is 0.